The summed E-state index contributed by atoms with van der Waals surface area (Å²) in [6.45, 7) is 0.834. The molecule has 0 saturated heterocycles. The smallest absolute Gasteiger partial charge is 0.242 e. The van der Waals surface area contributed by atoms with E-state index >= 15 is 0 Å². The highest BCUT2D eigenvalue weighted by molar-refractivity contribution is 7.89. The molecule has 2 aromatic carbocycles. The average molecular weight is 445 g/mol. The van der Waals surface area contributed by atoms with Crippen LogP contribution in [0.15, 0.2) is 53.6 Å². The molecule has 0 fully saturated rings. The molecule has 142 valence electrons. The Morgan fingerprint density at radius 3 is 2.48 bits per heavy atom. The highest BCUT2D eigenvalue weighted by atomic mass is 35.5. The van der Waals surface area contributed by atoms with E-state index in [2.05, 4.69) is 15.0 Å². The van der Waals surface area contributed by atoms with Crippen LogP contribution in [-0.4, -0.2) is 26.5 Å². The van der Waals surface area contributed by atoms with Crippen molar-refractivity contribution in [1.29, 1.82) is 0 Å². The summed E-state index contributed by atoms with van der Waals surface area (Å²) in [5.74, 6) is 0. The van der Waals surface area contributed by atoms with Crippen molar-refractivity contribution < 1.29 is 8.42 Å². The van der Waals surface area contributed by atoms with Gasteiger partial charge in [-0.05, 0) is 48.9 Å². The van der Waals surface area contributed by atoms with E-state index < -0.39 is 10.0 Å². The van der Waals surface area contributed by atoms with Crippen molar-refractivity contribution in [1.82, 2.24) is 9.71 Å². The second-order valence-electron chi connectivity index (χ2n) is 5.77. The highest BCUT2D eigenvalue weighted by Gasteiger charge is 2.17. The molecule has 0 atom stereocenters. The molecule has 0 saturated carbocycles. The molecule has 0 amide bonds. The summed E-state index contributed by atoms with van der Waals surface area (Å²) in [5.41, 5.74) is 1.71. The Balaban J connectivity index is 1.57. The first-order valence-corrected chi connectivity index (χ1v) is 10.7. The average Bonchev–Trinajstić information content (AvgIpc) is 2.63. The van der Waals surface area contributed by atoms with Gasteiger partial charge in [0.1, 0.15) is 4.90 Å². The Kier molecular flexibility index (Phi) is 6.44. The summed E-state index contributed by atoms with van der Waals surface area (Å²) in [4.78, 5) is 4.26. The van der Waals surface area contributed by atoms with Gasteiger partial charge >= 0.3 is 0 Å². The molecule has 0 spiro atoms. The second-order valence-corrected chi connectivity index (χ2v) is 8.79. The molecule has 5 nitrogen and oxygen atoms in total. The van der Waals surface area contributed by atoms with Crippen LogP contribution in [0.3, 0.4) is 0 Å². The minimum absolute atomic E-state index is 0.0263. The molecule has 0 aliphatic carbocycles. The Morgan fingerprint density at radius 2 is 1.67 bits per heavy atom. The number of halogens is 3. The standard InChI is InChI=1S/C18H16Cl3N3O2S/c19-12-2-4-14-16(6-9-23-17(14)10-12)22-7-1-8-24-27(25,26)18-11-13(20)3-5-15(18)21/h2-6,9-11,24H,1,7-8H2,(H,22,23). The monoisotopic (exact) mass is 443 g/mol. The number of aromatic nitrogens is 1. The van der Waals surface area contributed by atoms with E-state index in [1.165, 1.54) is 12.1 Å². The summed E-state index contributed by atoms with van der Waals surface area (Å²) in [6, 6.07) is 11.7. The van der Waals surface area contributed by atoms with E-state index in [9.17, 15) is 8.42 Å². The lowest BCUT2D eigenvalue weighted by Crippen LogP contribution is -2.26. The van der Waals surface area contributed by atoms with Crippen LogP contribution in [0.4, 0.5) is 5.69 Å². The van der Waals surface area contributed by atoms with Crippen LogP contribution >= 0.6 is 34.8 Å². The van der Waals surface area contributed by atoms with E-state index in [-0.39, 0.29) is 16.5 Å². The van der Waals surface area contributed by atoms with Gasteiger partial charge in [-0.25, -0.2) is 13.1 Å². The molecule has 3 aromatic rings. The zero-order chi connectivity index (χ0) is 19.4. The molecule has 0 unspecified atom stereocenters. The number of benzene rings is 2. The van der Waals surface area contributed by atoms with E-state index in [0.29, 0.717) is 23.0 Å². The highest BCUT2D eigenvalue weighted by Crippen LogP contribution is 2.25. The van der Waals surface area contributed by atoms with Crippen LogP contribution in [0.2, 0.25) is 15.1 Å². The van der Waals surface area contributed by atoms with Crippen molar-refractivity contribution in [3.05, 3.63) is 63.7 Å². The number of sulfonamides is 1. The maximum atomic E-state index is 12.3. The van der Waals surface area contributed by atoms with Crippen LogP contribution < -0.4 is 10.0 Å². The summed E-state index contributed by atoms with van der Waals surface area (Å²) in [6.07, 6.45) is 2.28. The van der Waals surface area contributed by atoms with E-state index in [0.717, 1.165) is 16.6 Å². The minimum atomic E-state index is -3.72. The Hall–Kier alpha value is -1.57. The lowest BCUT2D eigenvalue weighted by molar-refractivity contribution is 0.580. The number of pyridine rings is 1. The molecule has 27 heavy (non-hydrogen) atoms. The van der Waals surface area contributed by atoms with Crippen molar-refractivity contribution in [2.75, 3.05) is 18.4 Å². The molecule has 9 heteroatoms. The van der Waals surface area contributed by atoms with Crippen molar-refractivity contribution in [2.45, 2.75) is 11.3 Å². The van der Waals surface area contributed by atoms with Gasteiger partial charge in [0.15, 0.2) is 0 Å². The van der Waals surface area contributed by atoms with Gasteiger partial charge in [-0.15, -0.1) is 0 Å². The third-order valence-corrected chi connectivity index (χ3v) is 6.26. The van der Waals surface area contributed by atoms with Crippen LogP contribution in [0, 0.1) is 0 Å². The molecule has 0 bridgehead atoms. The van der Waals surface area contributed by atoms with Crippen molar-refractivity contribution in [3.63, 3.8) is 0 Å². The van der Waals surface area contributed by atoms with Gasteiger partial charge in [0.2, 0.25) is 10.0 Å². The summed E-state index contributed by atoms with van der Waals surface area (Å²) in [7, 11) is -3.72. The molecule has 2 N–H and O–H groups in total. The normalized spacial score (nSPS) is 11.7. The number of fused-ring (bicyclic) bond motifs is 1. The Morgan fingerprint density at radius 1 is 0.926 bits per heavy atom. The van der Waals surface area contributed by atoms with Crippen molar-refractivity contribution >= 4 is 61.4 Å². The fraction of sp³-hybridized carbons (Fsp3) is 0.167. The Labute approximate surface area is 172 Å². The molecule has 1 aromatic heterocycles. The zero-order valence-corrected chi connectivity index (χ0v) is 17.1. The predicted octanol–water partition coefficient (Wildman–Crippen LogP) is 4.98. The third-order valence-electron chi connectivity index (χ3n) is 3.85. The van der Waals surface area contributed by atoms with E-state index in [1.807, 2.05) is 12.1 Å². The largest absolute Gasteiger partial charge is 0.384 e. The number of hydrogen-bond donors (Lipinski definition) is 2. The van der Waals surface area contributed by atoms with Crippen molar-refractivity contribution in [3.8, 4) is 0 Å². The van der Waals surface area contributed by atoms with E-state index in [4.69, 9.17) is 34.8 Å². The van der Waals surface area contributed by atoms with Gasteiger partial charge in [-0.2, -0.15) is 0 Å². The van der Waals surface area contributed by atoms with Gasteiger partial charge < -0.3 is 5.32 Å². The third kappa shape index (κ3) is 5.03. The molecule has 0 aliphatic rings. The van der Waals surface area contributed by atoms with Gasteiger partial charge in [-0.3, -0.25) is 4.98 Å². The molecular weight excluding hydrogens is 429 g/mol. The maximum absolute atomic E-state index is 12.3. The first-order chi connectivity index (χ1) is 12.9. The molecular formula is C18H16Cl3N3O2S. The SMILES string of the molecule is O=S(=O)(NCCCNc1ccnc2cc(Cl)ccc12)c1cc(Cl)ccc1Cl. The number of nitrogens with one attached hydrogen (secondary N) is 2. The first kappa shape index (κ1) is 20.2. The second kappa shape index (κ2) is 8.63. The minimum Gasteiger partial charge on any atom is -0.384 e. The van der Waals surface area contributed by atoms with Gasteiger partial charge in [0.25, 0.3) is 0 Å². The van der Waals surface area contributed by atoms with Gasteiger partial charge in [0, 0.05) is 40.4 Å². The fourth-order valence-corrected chi connectivity index (χ4v) is 4.56. The lowest BCUT2D eigenvalue weighted by atomic mass is 10.2. The van der Waals surface area contributed by atoms with Gasteiger partial charge in [-0.1, -0.05) is 34.8 Å². The fourth-order valence-electron chi connectivity index (χ4n) is 2.55. The summed E-state index contributed by atoms with van der Waals surface area (Å²) < 4.78 is 27.2. The van der Waals surface area contributed by atoms with Gasteiger partial charge in [0.05, 0.1) is 10.5 Å². The molecule has 0 radical (unpaired) electrons. The van der Waals surface area contributed by atoms with Crippen molar-refractivity contribution in [2.24, 2.45) is 0 Å². The predicted molar refractivity (Wildman–Crippen MR) is 112 cm³/mol. The van der Waals surface area contributed by atoms with Crippen LogP contribution in [-0.2, 0) is 10.0 Å². The summed E-state index contributed by atoms with van der Waals surface area (Å²) >= 11 is 17.8. The number of nitrogens with zero attached hydrogens (tertiary/aromatic N) is 1. The summed E-state index contributed by atoms with van der Waals surface area (Å²) in [5, 5.41) is 5.31. The molecule has 3 rings (SSSR count). The zero-order valence-electron chi connectivity index (χ0n) is 14.0. The maximum Gasteiger partial charge on any atom is 0.242 e. The van der Waals surface area contributed by atoms with Crippen LogP contribution in [0.25, 0.3) is 10.9 Å². The number of hydrogen-bond acceptors (Lipinski definition) is 4. The lowest BCUT2D eigenvalue weighted by Gasteiger charge is -2.11. The van der Waals surface area contributed by atoms with Crippen LogP contribution in [0.1, 0.15) is 6.42 Å². The van der Waals surface area contributed by atoms with E-state index in [1.54, 1.807) is 24.4 Å². The quantitative estimate of drug-likeness (QED) is 0.504. The van der Waals surface area contributed by atoms with Crippen LogP contribution in [0.5, 0.6) is 0 Å². The molecule has 0 aliphatic heterocycles. The molecule has 1 heterocycles. The first-order valence-electron chi connectivity index (χ1n) is 8.10. The number of anilines is 1. The number of rotatable bonds is 7. The topological polar surface area (TPSA) is 71.1 Å². The Bertz CT molecular complexity index is 1070.